The zero-order valence-electron chi connectivity index (χ0n) is 14.0. The molecule has 0 aliphatic carbocycles. The van der Waals surface area contributed by atoms with E-state index in [-0.39, 0.29) is 23.7 Å². The van der Waals surface area contributed by atoms with Crippen molar-refractivity contribution in [2.45, 2.75) is 38.3 Å². The second-order valence-electron chi connectivity index (χ2n) is 6.13. The average Bonchev–Trinajstić information content (AvgIpc) is 3.26. The Bertz CT molecular complexity index is 750. The van der Waals surface area contributed by atoms with Gasteiger partial charge in [-0.2, -0.15) is 0 Å². The topological polar surface area (TPSA) is 112 Å². The molecule has 3 N–H and O–H groups in total. The molecule has 1 aliphatic heterocycles. The number of nitrogens with zero attached hydrogens (tertiary/aromatic N) is 3. The Labute approximate surface area is 145 Å². The van der Waals surface area contributed by atoms with Gasteiger partial charge in [0.1, 0.15) is 0 Å². The highest BCUT2D eigenvalue weighted by atomic mass is 16.5. The smallest absolute Gasteiger partial charge is 0.270 e. The monoisotopic (exact) mass is 343 g/mol. The first-order chi connectivity index (χ1) is 12.0. The van der Waals surface area contributed by atoms with Crippen LogP contribution in [-0.4, -0.2) is 39.5 Å². The van der Waals surface area contributed by atoms with Crippen LogP contribution in [0.15, 0.2) is 30.5 Å². The van der Waals surface area contributed by atoms with Crippen LogP contribution in [0.2, 0.25) is 0 Å². The van der Waals surface area contributed by atoms with E-state index in [0.717, 1.165) is 30.7 Å². The molecule has 0 bridgehead atoms. The molecule has 2 amide bonds. The van der Waals surface area contributed by atoms with Crippen molar-refractivity contribution in [3.8, 4) is 5.69 Å². The van der Waals surface area contributed by atoms with Crippen LogP contribution < -0.4 is 11.1 Å². The summed E-state index contributed by atoms with van der Waals surface area (Å²) >= 11 is 0. The second kappa shape index (κ2) is 7.43. The summed E-state index contributed by atoms with van der Waals surface area (Å²) in [5, 5.41) is 10.6. The Morgan fingerprint density at radius 1 is 1.40 bits per heavy atom. The number of hydrogen-bond donors (Lipinski definition) is 2. The number of carbonyl (C=O) groups excluding carboxylic acids is 2. The van der Waals surface area contributed by atoms with Gasteiger partial charge in [0.2, 0.25) is 5.91 Å². The van der Waals surface area contributed by atoms with Gasteiger partial charge in [0.05, 0.1) is 30.5 Å². The SMILES string of the molecule is C[C@H](NC(=O)C[C@H]1CCCO1)c1ccc(-n2cc(C(N)=O)nn2)cc1. The Morgan fingerprint density at radius 3 is 2.76 bits per heavy atom. The molecule has 2 heterocycles. The summed E-state index contributed by atoms with van der Waals surface area (Å²) in [4.78, 5) is 23.2. The highest BCUT2D eigenvalue weighted by molar-refractivity contribution is 5.90. The third kappa shape index (κ3) is 4.21. The molecule has 0 radical (unpaired) electrons. The Morgan fingerprint density at radius 2 is 2.16 bits per heavy atom. The highest BCUT2D eigenvalue weighted by Crippen LogP contribution is 2.18. The zero-order chi connectivity index (χ0) is 17.8. The summed E-state index contributed by atoms with van der Waals surface area (Å²) in [6.07, 6.45) is 3.89. The van der Waals surface area contributed by atoms with Gasteiger partial charge >= 0.3 is 0 Å². The number of benzene rings is 1. The molecule has 1 fully saturated rings. The lowest BCUT2D eigenvalue weighted by molar-refractivity contribution is -0.123. The van der Waals surface area contributed by atoms with E-state index < -0.39 is 5.91 Å². The van der Waals surface area contributed by atoms with E-state index >= 15 is 0 Å². The number of carbonyl (C=O) groups is 2. The molecule has 25 heavy (non-hydrogen) atoms. The first kappa shape index (κ1) is 17.1. The number of primary amides is 1. The molecule has 1 aromatic heterocycles. The predicted molar refractivity (Wildman–Crippen MR) is 90.0 cm³/mol. The van der Waals surface area contributed by atoms with Crippen molar-refractivity contribution in [3.63, 3.8) is 0 Å². The van der Waals surface area contributed by atoms with Crippen LogP contribution >= 0.6 is 0 Å². The van der Waals surface area contributed by atoms with Crippen LogP contribution in [0.4, 0.5) is 0 Å². The van der Waals surface area contributed by atoms with Crippen molar-refractivity contribution in [2.75, 3.05) is 6.61 Å². The van der Waals surface area contributed by atoms with E-state index in [1.165, 1.54) is 10.9 Å². The van der Waals surface area contributed by atoms with E-state index in [2.05, 4.69) is 15.6 Å². The molecule has 2 aromatic rings. The van der Waals surface area contributed by atoms with Crippen molar-refractivity contribution >= 4 is 11.8 Å². The number of aromatic nitrogens is 3. The van der Waals surface area contributed by atoms with Gasteiger partial charge < -0.3 is 15.8 Å². The van der Waals surface area contributed by atoms with Crippen LogP contribution in [0.3, 0.4) is 0 Å². The maximum Gasteiger partial charge on any atom is 0.270 e. The summed E-state index contributed by atoms with van der Waals surface area (Å²) in [6, 6.07) is 7.38. The summed E-state index contributed by atoms with van der Waals surface area (Å²) in [5.74, 6) is -0.628. The Balaban J connectivity index is 1.60. The van der Waals surface area contributed by atoms with Gasteiger partial charge in [-0.25, -0.2) is 4.68 Å². The minimum atomic E-state index is -0.620. The van der Waals surface area contributed by atoms with Crippen LogP contribution in [-0.2, 0) is 9.53 Å². The summed E-state index contributed by atoms with van der Waals surface area (Å²) in [5.41, 5.74) is 7.00. The van der Waals surface area contributed by atoms with Gasteiger partial charge in [-0.3, -0.25) is 9.59 Å². The molecule has 0 spiro atoms. The van der Waals surface area contributed by atoms with Crippen LogP contribution in [0, 0.1) is 0 Å². The van der Waals surface area contributed by atoms with Crippen molar-refractivity contribution in [3.05, 3.63) is 41.7 Å². The molecule has 3 rings (SSSR count). The van der Waals surface area contributed by atoms with Crippen molar-refractivity contribution < 1.29 is 14.3 Å². The van der Waals surface area contributed by atoms with Gasteiger partial charge in [0.15, 0.2) is 5.69 Å². The quantitative estimate of drug-likeness (QED) is 0.816. The Kier molecular flexibility index (Phi) is 5.08. The molecule has 2 atom stereocenters. The number of rotatable bonds is 6. The highest BCUT2D eigenvalue weighted by Gasteiger charge is 2.20. The van der Waals surface area contributed by atoms with Gasteiger partial charge in [-0.05, 0) is 37.5 Å². The fourth-order valence-corrected chi connectivity index (χ4v) is 2.81. The fourth-order valence-electron chi connectivity index (χ4n) is 2.81. The maximum absolute atomic E-state index is 12.1. The van der Waals surface area contributed by atoms with E-state index in [4.69, 9.17) is 10.5 Å². The first-order valence-corrected chi connectivity index (χ1v) is 8.26. The summed E-state index contributed by atoms with van der Waals surface area (Å²) in [7, 11) is 0. The third-order valence-electron chi connectivity index (χ3n) is 4.22. The van der Waals surface area contributed by atoms with Crippen molar-refractivity contribution in [2.24, 2.45) is 5.73 Å². The largest absolute Gasteiger partial charge is 0.378 e. The first-order valence-electron chi connectivity index (χ1n) is 8.26. The number of ether oxygens (including phenoxy) is 1. The number of nitrogens with two attached hydrogens (primary N) is 1. The predicted octanol–water partition coefficient (Wildman–Crippen LogP) is 1.11. The number of nitrogens with one attached hydrogen (secondary N) is 1. The number of amides is 2. The number of hydrogen-bond acceptors (Lipinski definition) is 5. The molecule has 132 valence electrons. The van der Waals surface area contributed by atoms with Crippen LogP contribution in [0.5, 0.6) is 0 Å². The van der Waals surface area contributed by atoms with E-state index in [9.17, 15) is 9.59 Å². The van der Waals surface area contributed by atoms with E-state index in [1.54, 1.807) is 0 Å². The lowest BCUT2D eigenvalue weighted by Crippen LogP contribution is -2.29. The maximum atomic E-state index is 12.1. The second-order valence-corrected chi connectivity index (χ2v) is 6.13. The normalized spacial score (nSPS) is 18.0. The molecule has 1 aromatic carbocycles. The minimum absolute atomic E-state index is 0.00847. The molecule has 0 unspecified atom stereocenters. The third-order valence-corrected chi connectivity index (χ3v) is 4.22. The molecule has 8 nitrogen and oxygen atoms in total. The van der Waals surface area contributed by atoms with Crippen molar-refractivity contribution in [1.29, 1.82) is 0 Å². The van der Waals surface area contributed by atoms with Gasteiger partial charge in [-0.15, -0.1) is 5.10 Å². The molecule has 8 heteroatoms. The molecule has 0 saturated carbocycles. The van der Waals surface area contributed by atoms with Gasteiger partial charge in [-0.1, -0.05) is 17.3 Å². The minimum Gasteiger partial charge on any atom is -0.378 e. The summed E-state index contributed by atoms with van der Waals surface area (Å²) < 4.78 is 6.96. The van der Waals surface area contributed by atoms with Crippen LogP contribution in [0.25, 0.3) is 5.69 Å². The standard InChI is InChI=1S/C17H21N5O3/c1-11(19-16(23)9-14-3-2-8-25-14)12-4-6-13(7-5-12)22-10-15(17(18)24)20-21-22/h4-7,10-11,14H,2-3,8-9H2,1H3,(H2,18,24)(H,19,23)/t11-,14+/m0/s1. The molecular weight excluding hydrogens is 322 g/mol. The lowest BCUT2D eigenvalue weighted by atomic mass is 10.1. The summed E-state index contributed by atoms with van der Waals surface area (Å²) in [6.45, 7) is 2.68. The fraction of sp³-hybridized carbons (Fsp3) is 0.412. The Hall–Kier alpha value is -2.74. The van der Waals surface area contributed by atoms with Gasteiger partial charge in [0.25, 0.3) is 5.91 Å². The molecule has 1 aliphatic rings. The average molecular weight is 343 g/mol. The van der Waals surface area contributed by atoms with E-state index in [0.29, 0.717) is 6.42 Å². The van der Waals surface area contributed by atoms with Crippen molar-refractivity contribution in [1.82, 2.24) is 20.3 Å². The van der Waals surface area contributed by atoms with Crippen LogP contribution in [0.1, 0.15) is 48.3 Å². The zero-order valence-corrected chi connectivity index (χ0v) is 14.0. The lowest BCUT2D eigenvalue weighted by Gasteiger charge is -2.16. The van der Waals surface area contributed by atoms with E-state index in [1.807, 2.05) is 31.2 Å². The van der Waals surface area contributed by atoms with Gasteiger partial charge in [0, 0.05) is 6.61 Å². The molecule has 1 saturated heterocycles. The molecular formula is C17H21N5O3.